The average molecular weight is 312 g/mol. The van der Waals surface area contributed by atoms with Crippen LogP contribution >= 0.6 is 12.4 Å². The summed E-state index contributed by atoms with van der Waals surface area (Å²) in [7, 11) is 0. The van der Waals surface area contributed by atoms with E-state index in [1.165, 1.54) is 0 Å². The summed E-state index contributed by atoms with van der Waals surface area (Å²) in [6.07, 6.45) is 1.76. The van der Waals surface area contributed by atoms with Crippen molar-refractivity contribution in [3.63, 3.8) is 0 Å². The number of rotatable bonds is 5. The Bertz CT molecular complexity index is 488. The van der Waals surface area contributed by atoms with Crippen molar-refractivity contribution in [1.29, 1.82) is 0 Å². The van der Waals surface area contributed by atoms with E-state index >= 15 is 0 Å². The van der Waals surface area contributed by atoms with E-state index in [1.807, 2.05) is 6.92 Å². The van der Waals surface area contributed by atoms with Gasteiger partial charge in [-0.05, 0) is 37.6 Å². The Morgan fingerprint density at radius 2 is 2.19 bits per heavy atom. The number of anilines is 1. The van der Waals surface area contributed by atoms with Gasteiger partial charge in [0.05, 0.1) is 5.92 Å². The predicted octanol–water partition coefficient (Wildman–Crippen LogP) is 1.80. The molecule has 1 heterocycles. The fourth-order valence-corrected chi connectivity index (χ4v) is 2.20. The topological polar surface area (TPSA) is 70.2 Å². The van der Waals surface area contributed by atoms with Gasteiger partial charge in [0, 0.05) is 24.3 Å². The van der Waals surface area contributed by atoms with Gasteiger partial charge in [-0.25, -0.2) is 0 Å². The van der Waals surface area contributed by atoms with Gasteiger partial charge in [0.25, 0.3) is 5.91 Å². The maximum absolute atomic E-state index is 12.0. The standard InChI is InChI=1S/C15H21N3O2.ClH/c1-2-7-17-14(19)11-4-3-5-13(9-11)18-15(20)12-6-8-16-10-12;/h3-5,9,12,16H,2,6-8,10H2,1H3,(H,17,19)(H,18,20);1H. The van der Waals surface area contributed by atoms with Crippen molar-refractivity contribution in [2.75, 3.05) is 25.0 Å². The first-order chi connectivity index (χ1) is 9.70. The first-order valence-electron chi connectivity index (χ1n) is 7.10. The number of carbonyl (C=O) groups is 2. The van der Waals surface area contributed by atoms with Crippen LogP contribution in [0.1, 0.15) is 30.1 Å². The number of carbonyl (C=O) groups excluding carboxylic acids is 2. The normalized spacial score (nSPS) is 16.9. The molecule has 116 valence electrons. The minimum Gasteiger partial charge on any atom is -0.352 e. The molecule has 1 unspecified atom stereocenters. The van der Waals surface area contributed by atoms with Gasteiger partial charge in [0.15, 0.2) is 0 Å². The summed E-state index contributed by atoms with van der Waals surface area (Å²) >= 11 is 0. The van der Waals surface area contributed by atoms with Crippen LogP contribution in [0.15, 0.2) is 24.3 Å². The molecule has 0 saturated carbocycles. The molecule has 1 aliphatic heterocycles. The molecular formula is C15H22ClN3O2. The maximum atomic E-state index is 12.0. The molecule has 6 heteroatoms. The molecule has 2 amide bonds. The highest BCUT2D eigenvalue weighted by molar-refractivity contribution is 5.97. The zero-order chi connectivity index (χ0) is 14.4. The second-order valence-electron chi connectivity index (χ2n) is 5.02. The summed E-state index contributed by atoms with van der Waals surface area (Å²) in [5, 5.41) is 8.87. The van der Waals surface area contributed by atoms with Crippen molar-refractivity contribution in [2.45, 2.75) is 19.8 Å². The van der Waals surface area contributed by atoms with E-state index in [0.717, 1.165) is 25.9 Å². The van der Waals surface area contributed by atoms with E-state index in [2.05, 4.69) is 16.0 Å². The summed E-state index contributed by atoms with van der Waals surface area (Å²) in [5.74, 6) is -0.0702. The van der Waals surface area contributed by atoms with E-state index in [1.54, 1.807) is 24.3 Å². The second kappa shape index (κ2) is 8.64. The van der Waals surface area contributed by atoms with Gasteiger partial charge in [-0.15, -0.1) is 12.4 Å². The molecule has 1 aromatic carbocycles. The lowest BCUT2D eigenvalue weighted by atomic mass is 10.1. The molecule has 1 aliphatic rings. The predicted molar refractivity (Wildman–Crippen MR) is 85.9 cm³/mol. The summed E-state index contributed by atoms with van der Waals surface area (Å²) < 4.78 is 0. The molecule has 1 saturated heterocycles. The average Bonchev–Trinajstić information content (AvgIpc) is 2.99. The van der Waals surface area contributed by atoms with Gasteiger partial charge in [0.2, 0.25) is 5.91 Å². The van der Waals surface area contributed by atoms with Crippen LogP contribution in [0.4, 0.5) is 5.69 Å². The van der Waals surface area contributed by atoms with Crippen LogP contribution < -0.4 is 16.0 Å². The van der Waals surface area contributed by atoms with Crippen molar-refractivity contribution in [3.05, 3.63) is 29.8 Å². The van der Waals surface area contributed by atoms with E-state index in [4.69, 9.17) is 0 Å². The lowest BCUT2D eigenvalue weighted by molar-refractivity contribution is -0.119. The zero-order valence-electron chi connectivity index (χ0n) is 12.1. The molecule has 2 rings (SSSR count). The number of hydrogen-bond acceptors (Lipinski definition) is 3. The van der Waals surface area contributed by atoms with Crippen molar-refractivity contribution in [1.82, 2.24) is 10.6 Å². The fourth-order valence-electron chi connectivity index (χ4n) is 2.20. The van der Waals surface area contributed by atoms with Crippen LogP contribution in [0, 0.1) is 5.92 Å². The zero-order valence-corrected chi connectivity index (χ0v) is 13.0. The summed E-state index contributed by atoms with van der Waals surface area (Å²) in [5.41, 5.74) is 1.24. The van der Waals surface area contributed by atoms with E-state index in [0.29, 0.717) is 17.8 Å². The van der Waals surface area contributed by atoms with E-state index < -0.39 is 0 Å². The molecule has 0 spiro atoms. The Morgan fingerprint density at radius 1 is 1.38 bits per heavy atom. The Hall–Kier alpha value is -1.59. The van der Waals surface area contributed by atoms with Crippen molar-refractivity contribution in [3.8, 4) is 0 Å². The van der Waals surface area contributed by atoms with Gasteiger partial charge in [-0.2, -0.15) is 0 Å². The van der Waals surface area contributed by atoms with Crippen LogP contribution in [0.25, 0.3) is 0 Å². The minimum absolute atomic E-state index is 0. The Balaban J connectivity index is 0.00000220. The quantitative estimate of drug-likeness (QED) is 0.776. The molecule has 1 fully saturated rings. The van der Waals surface area contributed by atoms with Gasteiger partial charge >= 0.3 is 0 Å². The highest BCUT2D eigenvalue weighted by Crippen LogP contribution is 2.14. The second-order valence-corrected chi connectivity index (χ2v) is 5.02. The van der Waals surface area contributed by atoms with Crippen LogP contribution in [-0.2, 0) is 4.79 Å². The third-order valence-corrected chi connectivity index (χ3v) is 3.36. The lowest BCUT2D eigenvalue weighted by Crippen LogP contribution is -2.26. The Morgan fingerprint density at radius 3 is 2.86 bits per heavy atom. The van der Waals surface area contributed by atoms with Crippen molar-refractivity contribution in [2.24, 2.45) is 5.92 Å². The molecule has 1 aromatic rings. The molecule has 0 bridgehead atoms. The van der Waals surface area contributed by atoms with E-state index in [-0.39, 0.29) is 30.1 Å². The fraction of sp³-hybridized carbons (Fsp3) is 0.467. The van der Waals surface area contributed by atoms with Gasteiger partial charge in [-0.3, -0.25) is 9.59 Å². The molecule has 1 atom stereocenters. The maximum Gasteiger partial charge on any atom is 0.251 e. The molecule has 5 nitrogen and oxygen atoms in total. The van der Waals surface area contributed by atoms with Crippen LogP contribution in [0.2, 0.25) is 0 Å². The van der Waals surface area contributed by atoms with Crippen LogP contribution in [-0.4, -0.2) is 31.4 Å². The first kappa shape index (κ1) is 17.5. The number of hydrogen-bond donors (Lipinski definition) is 3. The van der Waals surface area contributed by atoms with Crippen LogP contribution in [0.3, 0.4) is 0 Å². The molecule has 0 aromatic heterocycles. The van der Waals surface area contributed by atoms with Gasteiger partial charge < -0.3 is 16.0 Å². The smallest absolute Gasteiger partial charge is 0.251 e. The molecule has 3 N–H and O–H groups in total. The van der Waals surface area contributed by atoms with E-state index in [9.17, 15) is 9.59 Å². The summed E-state index contributed by atoms with van der Waals surface area (Å²) in [6, 6.07) is 7.04. The molecule has 21 heavy (non-hydrogen) atoms. The SMILES string of the molecule is CCCNC(=O)c1cccc(NC(=O)C2CCNC2)c1.Cl. The molecule has 0 aliphatic carbocycles. The Labute approximate surface area is 131 Å². The molecule has 0 radical (unpaired) electrons. The van der Waals surface area contributed by atoms with Gasteiger partial charge in [-0.1, -0.05) is 13.0 Å². The monoisotopic (exact) mass is 311 g/mol. The van der Waals surface area contributed by atoms with Crippen molar-refractivity contribution < 1.29 is 9.59 Å². The summed E-state index contributed by atoms with van der Waals surface area (Å²) in [4.78, 5) is 23.9. The summed E-state index contributed by atoms with van der Waals surface area (Å²) in [6.45, 7) is 4.27. The largest absolute Gasteiger partial charge is 0.352 e. The van der Waals surface area contributed by atoms with Crippen molar-refractivity contribution >= 4 is 29.9 Å². The van der Waals surface area contributed by atoms with Crippen LogP contribution in [0.5, 0.6) is 0 Å². The Kier molecular flexibility index (Phi) is 7.19. The number of nitrogens with one attached hydrogen (secondary N) is 3. The number of halogens is 1. The number of benzene rings is 1. The first-order valence-corrected chi connectivity index (χ1v) is 7.10. The van der Waals surface area contributed by atoms with Gasteiger partial charge in [0.1, 0.15) is 0 Å². The highest BCUT2D eigenvalue weighted by Gasteiger charge is 2.22. The third-order valence-electron chi connectivity index (χ3n) is 3.36. The number of amides is 2. The third kappa shape index (κ3) is 5.02. The lowest BCUT2D eigenvalue weighted by Gasteiger charge is -2.11. The highest BCUT2D eigenvalue weighted by atomic mass is 35.5. The molecular weight excluding hydrogens is 290 g/mol. The minimum atomic E-state index is -0.106.